The van der Waals surface area contributed by atoms with Gasteiger partial charge in [-0.05, 0) is 6.42 Å². The van der Waals surface area contributed by atoms with Gasteiger partial charge in [-0.2, -0.15) is 0 Å². The Balaban J connectivity index is 3.49. The van der Waals surface area contributed by atoms with Crippen LogP contribution in [0.3, 0.4) is 0 Å². The van der Waals surface area contributed by atoms with Crippen LogP contribution in [0.1, 0.15) is 6.42 Å². The first-order valence-electron chi connectivity index (χ1n) is 2.58. The highest BCUT2D eigenvalue weighted by Crippen LogP contribution is 1.92. The quantitative estimate of drug-likeness (QED) is 0.476. The summed E-state index contributed by atoms with van der Waals surface area (Å²) in [6.45, 7) is 0. The average Bonchev–Trinajstić information content (AvgIpc) is 1.82. The maximum Gasteiger partial charge on any atom is 0.320 e. The molecule has 57 valence electrons. The van der Waals surface area contributed by atoms with Gasteiger partial charge in [-0.3, -0.25) is 9.59 Å². The molecular formula is C5H8NO4. The van der Waals surface area contributed by atoms with Gasteiger partial charge in [0.15, 0.2) is 0 Å². The van der Waals surface area contributed by atoms with Gasteiger partial charge in [-0.15, -0.1) is 0 Å². The first-order valence-corrected chi connectivity index (χ1v) is 2.58. The van der Waals surface area contributed by atoms with E-state index in [2.05, 4.69) is 0 Å². The predicted octanol–water partition coefficient (Wildman–Crippen LogP) is -0.923. The minimum absolute atomic E-state index is 0.148. The van der Waals surface area contributed by atoms with Gasteiger partial charge < -0.3 is 15.9 Å². The topological polar surface area (TPSA) is 101 Å². The predicted molar refractivity (Wildman–Crippen MR) is 32.2 cm³/mol. The lowest BCUT2D eigenvalue weighted by atomic mass is 10.2. The van der Waals surface area contributed by atoms with Gasteiger partial charge in [0.25, 0.3) is 0 Å². The fourth-order valence-corrected chi connectivity index (χ4v) is 0.329. The largest absolute Gasteiger partial charge is 0.481 e. The summed E-state index contributed by atoms with van der Waals surface area (Å²) in [6, 6.07) is -1.11. The molecule has 1 radical (unpaired) electrons. The molecule has 0 bridgehead atoms. The zero-order chi connectivity index (χ0) is 8.15. The van der Waals surface area contributed by atoms with Crippen LogP contribution in [0.15, 0.2) is 0 Å². The number of carbonyl (C=O) groups is 2. The highest BCUT2D eigenvalue weighted by Gasteiger charge is 2.12. The number of carboxylic acid groups (broad SMARTS) is 2. The van der Waals surface area contributed by atoms with Crippen molar-refractivity contribution in [1.82, 2.24) is 0 Å². The summed E-state index contributed by atoms with van der Waals surface area (Å²) >= 11 is 0. The SMILES string of the molecule is NC(C[CH]C(=O)O)C(=O)O. The van der Waals surface area contributed by atoms with E-state index in [1.807, 2.05) is 0 Å². The van der Waals surface area contributed by atoms with E-state index < -0.39 is 18.0 Å². The Morgan fingerprint density at radius 1 is 1.50 bits per heavy atom. The maximum atomic E-state index is 9.97. The highest BCUT2D eigenvalue weighted by molar-refractivity contribution is 5.79. The molecule has 5 nitrogen and oxygen atoms in total. The molecule has 0 aliphatic rings. The Morgan fingerprint density at radius 3 is 2.30 bits per heavy atom. The fourth-order valence-electron chi connectivity index (χ4n) is 0.329. The summed E-state index contributed by atoms with van der Waals surface area (Å²) in [4.78, 5) is 19.8. The molecule has 0 spiro atoms. The molecule has 1 unspecified atom stereocenters. The van der Waals surface area contributed by atoms with Crippen molar-refractivity contribution in [3.63, 3.8) is 0 Å². The van der Waals surface area contributed by atoms with E-state index in [1.165, 1.54) is 0 Å². The second-order valence-electron chi connectivity index (χ2n) is 1.72. The first-order chi connectivity index (χ1) is 4.54. The van der Waals surface area contributed by atoms with Gasteiger partial charge in [-0.1, -0.05) is 0 Å². The third kappa shape index (κ3) is 3.85. The van der Waals surface area contributed by atoms with E-state index in [-0.39, 0.29) is 6.42 Å². The highest BCUT2D eigenvalue weighted by atomic mass is 16.4. The monoisotopic (exact) mass is 146 g/mol. The minimum atomic E-state index is -1.20. The Kier molecular flexibility index (Phi) is 3.42. The van der Waals surface area contributed by atoms with Gasteiger partial charge in [0.1, 0.15) is 6.04 Å². The van der Waals surface area contributed by atoms with Crippen molar-refractivity contribution in [2.75, 3.05) is 0 Å². The lowest BCUT2D eigenvalue weighted by Gasteiger charge is -2.01. The van der Waals surface area contributed by atoms with Crippen molar-refractivity contribution < 1.29 is 19.8 Å². The second kappa shape index (κ2) is 3.84. The molecule has 1 atom stereocenters. The number of nitrogens with two attached hydrogens (primary N) is 1. The molecular weight excluding hydrogens is 138 g/mol. The van der Waals surface area contributed by atoms with Crippen molar-refractivity contribution >= 4 is 11.9 Å². The molecule has 0 saturated carbocycles. The molecule has 4 N–H and O–H groups in total. The Labute approximate surface area is 57.5 Å². The zero-order valence-electron chi connectivity index (χ0n) is 5.15. The van der Waals surface area contributed by atoms with Crippen molar-refractivity contribution in [1.29, 1.82) is 0 Å². The van der Waals surface area contributed by atoms with Crippen molar-refractivity contribution in [3.8, 4) is 0 Å². The molecule has 0 fully saturated rings. The molecule has 0 rings (SSSR count). The van der Waals surface area contributed by atoms with Gasteiger partial charge in [0, 0.05) is 0 Å². The van der Waals surface area contributed by atoms with Crippen LogP contribution in [0.25, 0.3) is 0 Å². The Bertz CT molecular complexity index is 145. The minimum Gasteiger partial charge on any atom is -0.481 e. The van der Waals surface area contributed by atoms with Crippen LogP contribution in [0.5, 0.6) is 0 Å². The Hall–Kier alpha value is -1.10. The van der Waals surface area contributed by atoms with Gasteiger partial charge in [0.05, 0.1) is 6.42 Å². The molecule has 5 heteroatoms. The molecule has 0 heterocycles. The number of aliphatic carboxylic acids is 2. The average molecular weight is 146 g/mol. The van der Waals surface area contributed by atoms with Crippen LogP contribution in [-0.2, 0) is 9.59 Å². The van der Waals surface area contributed by atoms with Gasteiger partial charge in [-0.25, -0.2) is 0 Å². The number of hydrogen-bond donors (Lipinski definition) is 3. The maximum absolute atomic E-state index is 9.97. The van der Waals surface area contributed by atoms with Crippen LogP contribution in [-0.4, -0.2) is 28.2 Å². The van der Waals surface area contributed by atoms with Gasteiger partial charge >= 0.3 is 11.9 Å². The Morgan fingerprint density at radius 2 is 2.00 bits per heavy atom. The molecule has 0 aliphatic heterocycles. The van der Waals surface area contributed by atoms with Crippen LogP contribution in [0, 0.1) is 6.42 Å². The van der Waals surface area contributed by atoms with Crippen molar-refractivity contribution in [2.24, 2.45) is 5.73 Å². The van der Waals surface area contributed by atoms with Crippen LogP contribution in [0.4, 0.5) is 0 Å². The van der Waals surface area contributed by atoms with E-state index in [9.17, 15) is 9.59 Å². The standard InChI is InChI=1S/C5H8NO4/c6-3(5(9)10)1-2-4(7)8/h2-3H,1,6H2,(H,7,8)(H,9,10). The van der Waals surface area contributed by atoms with E-state index in [1.54, 1.807) is 0 Å². The molecule has 0 saturated heterocycles. The number of carboxylic acids is 2. The van der Waals surface area contributed by atoms with E-state index in [4.69, 9.17) is 15.9 Å². The van der Waals surface area contributed by atoms with Crippen molar-refractivity contribution in [2.45, 2.75) is 12.5 Å². The third-order valence-electron chi connectivity index (χ3n) is 0.864. The number of hydrogen-bond acceptors (Lipinski definition) is 3. The third-order valence-corrected chi connectivity index (χ3v) is 0.864. The first kappa shape index (κ1) is 8.90. The van der Waals surface area contributed by atoms with Crippen LogP contribution < -0.4 is 5.73 Å². The number of rotatable bonds is 4. The van der Waals surface area contributed by atoms with Crippen molar-refractivity contribution in [3.05, 3.63) is 6.42 Å². The van der Waals surface area contributed by atoms with E-state index in [0.717, 1.165) is 6.42 Å². The lowest BCUT2D eigenvalue weighted by Crippen LogP contribution is -2.30. The second-order valence-corrected chi connectivity index (χ2v) is 1.72. The zero-order valence-corrected chi connectivity index (χ0v) is 5.15. The summed E-state index contributed by atoms with van der Waals surface area (Å²) in [5, 5.41) is 16.2. The smallest absolute Gasteiger partial charge is 0.320 e. The lowest BCUT2D eigenvalue weighted by molar-refractivity contribution is -0.138. The molecule has 0 aromatic carbocycles. The van der Waals surface area contributed by atoms with Crippen LogP contribution in [0.2, 0.25) is 0 Å². The van der Waals surface area contributed by atoms with Crippen LogP contribution >= 0.6 is 0 Å². The molecule has 0 amide bonds. The summed E-state index contributed by atoms with van der Waals surface area (Å²) in [7, 11) is 0. The summed E-state index contributed by atoms with van der Waals surface area (Å²) in [5.41, 5.74) is 4.97. The molecule has 0 aromatic rings. The fraction of sp³-hybridized carbons (Fsp3) is 0.400. The molecule has 10 heavy (non-hydrogen) atoms. The molecule has 0 aliphatic carbocycles. The summed E-state index contributed by atoms with van der Waals surface area (Å²) in [6.07, 6.45) is 0.670. The summed E-state index contributed by atoms with van der Waals surface area (Å²) in [5.74, 6) is -2.35. The van der Waals surface area contributed by atoms with E-state index in [0.29, 0.717) is 0 Å². The molecule has 0 aromatic heterocycles. The van der Waals surface area contributed by atoms with Gasteiger partial charge in [0.2, 0.25) is 0 Å². The summed E-state index contributed by atoms with van der Waals surface area (Å²) < 4.78 is 0. The normalized spacial score (nSPS) is 12.5. The van der Waals surface area contributed by atoms with E-state index >= 15 is 0 Å².